The lowest BCUT2D eigenvalue weighted by atomic mass is 10.0. The van der Waals surface area contributed by atoms with Crippen molar-refractivity contribution in [2.24, 2.45) is 0 Å². The van der Waals surface area contributed by atoms with Crippen molar-refractivity contribution in [1.82, 2.24) is 24.5 Å². The van der Waals surface area contributed by atoms with Gasteiger partial charge in [-0.3, -0.25) is 0 Å². The lowest BCUT2D eigenvalue weighted by molar-refractivity contribution is 0.127. The Bertz CT molecular complexity index is 1130. The molecule has 0 unspecified atom stereocenters. The minimum absolute atomic E-state index is 0.111. The third-order valence-corrected chi connectivity index (χ3v) is 5.17. The Morgan fingerprint density at radius 1 is 1.19 bits per heavy atom. The zero-order chi connectivity index (χ0) is 22.2. The van der Waals surface area contributed by atoms with Crippen LogP contribution in [0.3, 0.4) is 0 Å². The molecule has 0 fully saturated rings. The lowest BCUT2D eigenvalue weighted by Crippen LogP contribution is -2.25. The predicted octanol–water partition coefficient (Wildman–Crippen LogP) is 4.72. The summed E-state index contributed by atoms with van der Waals surface area (Å²) in [6.45, 7) is 4.35. The zero-order valence-electron chi connectivity index (χ0n) is 17.8. The van der Waals surface area contributed by atoms with Gasteiger partial charge in [-0.1, -0.05) is 6.08 Å². The molecule has 0 atom stereocenters. The Morgan fingerprint density at radius 2 is 2.00 bits per heavy atom. The molecule has 0 saturated carbocycles. The number of halogens is 3. The molecule has 0 saturated heterocycles. The average molecular weight is 430 g/mol. The lowest BCUT2D eigenvalue weighted by Gasteiger charge is -2.16. The minimum atomic E-state index is -2.49. The molecule has 31 heavy (non-hydrogen) atoms. The summed E-state index contributed by atoms with van der Waals surface area (Å²) < 4.78 is 41.4. The summed E-state index contributed by atoms with van der Waals surface area (Å²) in [6, 6.07) is 3.65. The first-order valence-corrected chi connectivity index (χ1v) is 10.3. The number of aryl methyl sites for hydroxylation is 2. The topological polar surface area (TPSA) is 68.5 Å². The van der Waals surface area contributed by atoms with E-state index in [1.165, 1.54) is 18.4 Å². The Labute approximate surface area is 178 Å². The van der Waals surface area contributed by atoms with Crippen molar-refractivity contribution < 1.29 is 13.2 Å². The van der Waals surface area contributed by atoms with Crippen LogP contribution in [0.5, 0.6) is 0 Å². The van der Waals surface area contributed by atoms with Crippen LogP contribution < -0.4 is 5.32 Å². The van der Waals surface area contributed by atoms with E-state index in [4.69, 9.17) is 0 Å². The molecule has 1 aliphatic rings. The van der Waals surface area contributed by atoms with E-state index in [-0.39, 0.29) is 6.54 Å². The van der Waals surface area contributed by atoms with E-state index in [0.29, 0.717) is 28.6 Å². The first-order chi connectivity index (χ1) is 14.7. The number of hydrogen-bond donors (Lipinski definition) is 1. The van der Waals surface area contributed by atoms with Gasteiger partial charge >= 0.3 is 0 Å². The van der Waals surface area contributed by atoms with Crippen molar-refractivity contribution in [1.29, 1.82) is 0 Å². The molecule has 0 amide bonds. The maximum Gasteiger partial charge on any atom is 0.256 e. The Kier molecular flexibility index (Phi) is 5.68. The standard InChI is InChI=1S/C22H25F3N6/c1-13-28-18-9-8-17(29-20(18)31(13)11-19(23)24)14-6-4-5-7-16-15(14)10-26-21(30-16)27-12-22(2,3)25/h6,8-10,19H,4-5,7,11-12H2,1-3H3,(H,26,27,30). The van der Waals surface area contributed by atoms with Gasteiger partial charge < -0.3 is 9.88 Å². The Balaban J connectivity index is 1.72. The van der Waals surface area contributed by atoms with Gasteiger partial charge in [-0.2, -0.15) is 0 Å². The van der Waals surface area contributed by atoms with Crippen molar-refractivity contribution in [2.75, 3.05) is 11.9 Å². The molecule has 0 spiro atoms. The minimum Gasteiger partial charge on any atom is -0.351 e. The fraction of sp³-hybridized carbons (Fsp3) is 0.455. The van der Waals surface area contributed by atoms with Crippen molar-refractivity contribution in [2.45, 2.75) is 58.7 Å². The van der Waals surface area contributed by atoms with Gasteiger partial charge in [0.2, 0.25) is 5.95 Å². The number of pyridine rings is 1. The number of fused-ring (bicyclic) bond motifs is 2. The summed E-state index contributed by atoms with van der Waals surface area (Å²) in [5, 5.41) is 2.95. The number of anilines is 1. The van der Waals surface area contributed by atoms with Gasteiger partial charge in [-0.25, -0.2) is 33.1 Å². The van der Waals surface area contributed by atoms with Crippen LogP contribution in [0.15, 0.2) is 24.4 Å². The number of imidazole rings is 1. The zero-order valence-corrected chi connectivity index (χ0v) is 17.8. The molecule has 3 aromatic rings. The van der Waals surface area contributed by atoms with Gasteiger partial charge in [0.1, 0.15) is 17.0 Å². The van der Waals surface area contributed by atoms with Crippen LogP contribution in [0, 0.1) is 6.92 Å². The molecule has 0 radical (unpaired) electrons. The fourth-order valence-electron chi connectivity index (χ4n) is 3.70. The van der Waals surface area contributed by atoms with Gasteiger partial charge in [0.05, 0.1) is 24.5 Å². The fourth-order valence-corrected chi connectivity index (χ4v) is 3.70. The van der Waals surface area contributed by atoms with E-state index in [2.05, 4.69) is 31.3 Å². The number of allylic oxidation sites excluding steroid dienone is 1. The van der Waals surface area contributed by atoms with Crippen LogP contribution in [0.1, 0.15) is 49.5 Å². The molecule has 3 heterocycles. The van der Waals surface area contributed by atoms with E-state index < -0.39 is 18.6 Å². The normalized spacial score (nSPS) is 14.5. The molecular weight excluding hydrogens is 405 g/mol. The van der Waals surface area contributed by atoms with Gasteiger partial charge in [0, 0.05) is 17.3 Å². The predicted molar refractivity (Wildman–Crippen MR) is 114 cm³/mol. The molecule has 164 valence electrons. The van der Waals surface area contributed by atoms with E-state index >= 15 is 0 Å². The van der Waals surface area contributed by atoms with Crippen molar-refractivity contribution in [3.63, 3.8) is 0 Å². The van der Waals surface area contributed by atoms with Crippen molar-refractivity contribution in [3.8, 4) is 0 Å². The van der Waals surface area contributed by atoms with Crippen LogP contribution in [0.4, 0.5) is 19.1 Å². The number of nitrogens with zero attached hydrogens (tertiary/aromatic N) is 5. The highest BCUT2D eigenvalue weighted by atomic mass is 19.3. The van der Waals surface area contributed by atoms with Gasteiger partial charge in [0.25, 0.3) is 6.43 Å². The average Bonchev–Trinajstić information content (AvgIpc) is 2.87. The van der Waals surface area contributed by atoms with Gasteiger partial charge in [-0.15, -0.1) is 0 Å². The second-order valence-electron chi connectivity index (χ2n) is 8.34. The number of alkyl halides is 3. The molecule has 1 aliphatic carbocycles. The van der Waals surface area contributed by atoms with Crippen LogP contribution >= 0.6 is 0 Å². The molecule has 0 aromatic carbocycles. The quantitative estimate of drug-likeness (QED) is 0.613. The molecular formula is C22H25F3N6. The molecule has 9 heteroatoms. The number of nitrogens with one attached hydrogen (secondary N) is 1. The first kappa shape index (κ1) is 21.3. The molecule has 3 aromatic heterocycles. The van der Waals surface area contributed by atoms with E-state index in [9.17, 15) is 13.2 Å². The van der Waals surface area contributed by atoms with Crippen LogP contribution in [-0.2, 0) is 13.0 Å². The Hall–Kier alpha value is -2.97. The summed E-state index contributed by atoms with van der Waals surface area (Å²) in [6.07, 6.45) is 3.82. The van der Waals surface area contributed by atoms with Crippen LogP contribution in [0.2, 0.25) is 0 Å². The number of rotatable bonds is 6. The van der Waals surface area contributed by atoms with E-state index in [0.717, 1.165) is 36.1 Å². The maximum absolute atomic E-state index is 13.8. The maximum atomic E-state index is 13.8. The largest absolute Gasteiger partial charge is 0.351 e. The summed E-state index contributed by atoms with van der Waals surface area (Å²) in [5.74, 6) is 0.893. The summed E-state index contributed by atoms with van der Waals surface area (Å²) in [7, 11) is 0. The summed E-state index contributed by atoms with van der Waals surface area (Å²) >= 11 is 0. The second-order valence-corrected chi connectivity index (χ2v) is 8.34. The third-order valence-electron chi connectivity index (χ3n) is 5.17. The van der Waals surface area contributed by atoms with Gasteiger partial charge in [-0.05, 0) is 52.2 Å². The van der Waals surface area contributed by atoms with Crippen molar-refractivity contribution in [3.05, 3.63) is 47.2 Å². The molecule has 6 nitrogen and oxygen atoms in total. The number of aromatic nitrogens is 5. The highest BCUT2D eigenvalue weighted by Crippen LogP contribution is 2.30. The molecule has 1 N–H and O–H groups in total. The summed E-state index contributed by atoms with van der Waals surface area (Å²) in [5.41, 5.74) is 2.89. The second kappa shape index (κ2) is 8.28. The summed E-state index contributed by atoms with van der Waals surface area (Å²) in [4.78, 5) is 18.0. The highest BCUT2D eigenvalue weighted by molar-refractivity contribution is 5.83. The highest BCUT2D eigenvalue weighted by Gasteiger charge is 2.20. The van der Waals surface area contributed by atoms with E-state index in [1.54, 1.807) is 19.2 Å². The molecule has 0 bridgehead atoms. The molecule has 4 rings (SSSR count). The SMILES string of the molecule is Cc1nc2ccc(C3=CCCCc4nc(NCC(C)(C)F)ncc43)nc2n1CC(F)F. The third kappa shape index (κ3) is 4.70. The number of hydrogen-bond acceptors (Lipinski definition) is 5. The van der Waals surface area contributed by atoms with Crippen molar-refractivity contribution >= 4 is 22.7 Å². The monoisotopic (exact) mass is 430 g/mol. The van der Waals surface area contributed by atoms with Crippen LogP contribution in [0.25, 0.3) is 16.7 Å². The first-order valence-electron chi connectivity index (χ1n) is 10.3. The van der Waals surface area contributed by atoms with E-state index in [1.807, 2.05) is 6.07 Å². The Morgan fingerprint density at radius 3 is 2.74 bits per heavy atom. The van der Waals surface area contributed by atoms with Gasteiger partial charge in [0.15, 0.2) is 5.65 Å². The van der Waals surface area contributed by atoms with Crippen LogP contribution in [-0.4, -0.2) is 43.1 Å². The smallest absolute Gasteiger partial charge is 0.256 e. The molecule has 0 aliphatic heterocycles.